The second kappa shape index (κ2) is 10.8. The number of amides is 2. The standard InChI is InChI=1S/C25H27N5O3/c31-19-23(32)22-9-7-21(8-10-22)18-30(24-26-11-4-12-27-24)25(33)29-15-13-28(14-16-29)17-20-5-2-1-3-6-20/h1-12,31H,13-19H2. The number of nitrogens with zero attached hydrogens (tertiary/aromatic N) is 5. The maximum absolute atomic E-state index is 13.5. The van der Waals surface area contributed by atoms with Crippen LogP contribution in [0, 0.1) is 0 Å². The van der Waals surface area contributed by atoms with Gasteiger partial charge in [-0.3, -0.25) is 14.6 Å². The highest BCUT2D eigenvalue weighted by molar-refractivity contribution is 5.97. The predicted molar refractivity (Wildman–Crippen MR) is 125 cm³/mol. The average molecular weight is 446 g/mol. The lowest BCUT2D eigenvalue weighted by atomic mass is 10.1. The minimum absolute atomic E-state index is 0.143. The third-order valence-electron chi connectivity index (χ3n) is 5.68. The first-order valence-electron chi connectivity index (χ1n) is 11.0. The second-order valence-corrected chi connectivity index (χ2v) is 7.94. The summed E-state index contributed by atoms with van der Waals surface area (Å²) in [5, 5.41) is 9.04. The number of hydrogen-bond acceptors (Lipinski definition) is 6. The molecule has 0 bridgehead atoms. The molecule has 2 amide bonds. The van der Waals surface area contributed by atoms with Crippen LogP contribution in [-0.4, -0.2) is 69.5 Å². The van der Waals surface area contributed by atoms with Crippen LogP contribution in [0.1, 0.15) is 21.5 Å². The molecule has 170 valence electrons. The van der Waals surface area contributed by atoms with Gasteiger partial charge in [0, 0.05) is 50.7 Å². The van der Waals surface area contributed by atoms with Crippen molar-refractivity contribution in [1.82, 2.24) is 19.8 Å². The topological polar surface area (TPSA) is 89.9 Å². The Morgan fingerprint density at radius 2 is 1.52 bits per heavy atom. The molecule has 1 aliphatic rings. The number of rotatable bonds is 7. The molecule has 4 rings (SSSR count). The van der Waals surface area contributed by atoms with E-state index in [0.717, 1.165) is 25.2 Å². The van der Waals surface area contributed by atoms with Crippen molar-refractivity contribution in [1.29, 1.82) is 0 Å². The Hall–Kier alpha value is -3.62. The highest BCUT2D eigenvalue weighted by Crippen LogP contribution is 2.17. The van der Waals surface area contributed by atoms with Gasteiger partial charge in [-0.15, -0.1) is 0 Å². The van der Waals surface area contributed by atoms with Gasteiger partial charge in [0.05, 0.1) is 6.54 Å². The molecule has 8 heteroatoms. The van der Waals surface area contributed by atoms with E-state index in [9.17, 15) is 9.59 Å². The molecular formula is C25H27N5O3. The van der Waals surface area contributed by atoms with Crippen molar-refractivity contribution in [2.75, 3.05) is 37.7 Å². The molecular weight excluding hydrogens is 418 g/mol. The van der Waals surface area contributed by atoms with E-state index in [1.165, 1.54) is 5.56 Å². The number of urea groups is 1. The molecule has 1 fully saturated rings. The van der Waals surface area contributed by atoms with E-state index >= 15 is 0 Å². The number of hydrogen-bond donors (Lipinski definition) is 1. The number of carbonyl (C=O) groups excluding carboxylic acids is 2. The number of Topliss-reactive ketones (excluding diaryl/α,β-unsaturated/α-hetero) is 1. The number of aromatic nitrogens is 2. The largest absolute Gasteiger partial charge is 0.388 e. The molecule has 0 atom stereocenters. The van der Waals surface area contributed by atoms with Crippen LogP contribution in [0.5, 0.6) is 0 Å². The minimum atomic E-state index is -0.530. The van der Waals surface area contributed by atoms with E-state index in [-0.39, 0.29) is 18.4 Å². The highest BCUT2D eigenvalue weighted by Gasteiger charge is 2.27. The van der Waals surface area contributed by atoms with Crippen LogP contribution in [-0.2, 0) is 13.1 Å². The van der Waals surface area contributed by atoms with Gasteiger partial charge in [-0.1, -0.05) is 54.6 Å². The molecule has 2 aromatic carbocycles. The van der Waals surface area contributed by atoms with Gasteiger partial charge in [0.15, 0.2) is 5.78 Å². The van der Waals surface area contributed by atoms with Crippen LogP contribution in [0.2, 0.25) is 0 Å². The van der Waals surface area contributed by atoms with Crippen molar-refractivity contribution in [3.05, 3.63) is 89.7 Å². The van der Waals surface area contributed by atoms with Gasteiger partial charge in [-0.05, 0) is 17.2 Å². The Morgan fingerprint density at radius 1 is 0.848 bits per heavy atom. The van der Waals surface area contributed by atoms with Crippen LogP contribution in [0.15, 0.2) is 73.1 Å². The quantitative estimate of drug-likeness (QED) is 0.563. The maximum atomic E-state index is 13.5. The van der Waals surface area contributed by atoms with Crippen LogP contribution in [0.25, 0.3) is 0 Å². The third kappa shape index (κ3) is 5.79. The van der Waals surface area contributed by atoms with Gasteiger partial charge < -0.3 is 10.0 Å². The summed E-state index contributed by atoms with van der Waals surface area (Å²) in [5.41, 5.74) is 2.54. The van der Waals surface area contributed by atoms with E-state index in [2.05, 4.69) is 27.0 Å². The van der Waals surface area contributed by atoms with Gasteiger partial charge >= 0.3 is 6.03 Å². The molecule has 3 aromatic rings. The van der Waals surface area contributed by atoms with Crippen molar-refractivity contribution in [2.45, 2.75) is 13.1 Å². The lowest BCUT2D eigenvalue weighted by molar-refractivity contribution is 0.0903. The first-order valence-corrected chi connectivity index (χ1v) is 11.0. The fraction of sp³-hybridized carbons (Fsp3) is 0.280. The first-order chi connectivity index (χ1) is 16.1. The van der Waals surface area contributed by atoms with Gasteiger partial charge in [0.1, 0.15) is 6.61 Å². The van der Waals surface area contributed by atoms with Crippen LogP contribution in [0.3, 0.4) is 0 Å². The molecule has 0 spiro atoms. The zero-order valence-electron chi connectivity index (χ0n) is 18.4. The fourth-order valence-electron chi connectivity index (χ4n) is 3.83. The van der Waals surface area contributed by atoms with E-state index in [4.69, 9.17) is 5.11 Å². The molecule has 1 saturated heterocycles. The number of benzene rings is 2. The SMILES string of the molecule is O=C(CO)c1ccc(CN(C(=O)N2CCN(Cc3ccccc3)CC2)c2ncccn2)cc1. The van der Waals surface area contributed by atoms with Crippen molar-refractivity contribution in [3.63, 3.8) is 0 Å². The molecule has 33 heavy (non-hydrogen) atoms. The van der Waals surface area contributed by atoms with E-state index in [1.807, 2.05) is 23.1 Å². The summed E-state index contributed by atoms with van der Waals surface area (Å²) in [6.45, 7) is 3.45. The van der Waals surface area contributed by atoms with Crippen molar-refractivity contribution in [2.24, 2.45) is 0 Å². The van der Waals surface area contributed by atoms with Crippen LogP contribution in [0.4, 0.5) is 10.7 Å². The van der Waals surface area contributed by atoms with Crippen molar-refractivity contribution in [3.8, 4) is 0 Å². The Labute approximate surface area is 193 Å². The number of carbonyl (C=O) groups is 2. The van der Waals surface area contributed by atoms with Gasteiger partial charge in [-0.25, -0.2) is 14.8 Å². The monoisotopic (exact) mass is 445 g/mol. The lowest BCUT2D eigenvalue weighted by Gasteiger charge is -2.37. The molecule has 8 nitrogen and oxygen atoms in total. The minimum Gasteiger partial charge on any atom is -0.388 e. The maximum Gasteiger partial charge on any atom is 0.327 e. The molecule has 2 heterocycles. The number of piperazine rings is 1. The number of anilines is 1. The van der Waals surface area contributed by atoms with E-state index in [1.54, 1.807) is 47.6 Å². The van der Waals surface area contributed by atoms with Crippen LogP contribution < -0.4 is 4.90 Å². The zero-order chi connectivity index (χ0) is 23.0. The third-order valence-corrected chi connectivity index (χ3v) is 5.68. The van der Waals surface area contributed by atoms with Crippen molar-refractivity contribution < 1.29 is 14.7 Å². The number of aliphatic hydroxyl groups excluding tert-OH is 1. The van der Waals surface area contributed by atoms with Crippen LogP contribution >= 0.6 is 0 Å². The molecule has 1 N–H and O–H groups in total. The smallest absolute Gasteiger partial charge is 0.327 e. The summed E-state index contributed by atoms with van der Waals surface area (Å²) in [6.07, 6.45) is 3.23. The normalized spacial score (nSPS) is 14.2. The van der Waals surface area contributed by atoms with E-state index in [0.29, 0.717) is 24.6 Å². The predicted octanol–water partition coefficient (Wildman–Crippen LogP) is 2.60. The molecule has 0 saturated carbocycles. The summed E-state index contributed by atoms with van der Waals surface area (Å²) < 4.78 is 0. The molecule has 1 aliphatic heterocycles. The summed E-state index contributed by atoms with van der Waals surface area (Å²) in [5.74, 6) is -0.000949. The fourth-order valence-corrected chi connectivity index (χ4v) is 3.83. The lowest BCUT2D eigenvalue weighted by Crippen LogP contribution is -2.52. The Kier molecular flexibility index (Phi) is 7.39. The summed E-state index contributed by atoms with van der Waals surface area (Å²) >= 11 is 0. The Balaban J connectivity index is 1.44. The van der Waals surface area contributed by atoms with Gasteiger partial charge in [0.2, 0.25) is 5.95 Å². The molecule has 0 aliphatic carbocycles. The first kappa shape index (κ1) is 22.6. The summed E-state index contributed by atoms with van der Waals surface area (Å²) in [7, 11) is 0. The number of ketones is 1. The number of aliphatic hydroxyl groups is 1. The Morgan fingerprint density at radius 3 is 2.15 bits per heavy atom. The second-order valence-electron chi connectivity index (χ2n) is 7.94. The summed E-state index contributed by atoms with van der Waals surface area (Å²) in [4.78, 5) is 39.5. The summed E-state index contributed by atoms with van der Waals surface area (Å²) in [6, 6.07) is 18.8. The molecule has 1 aromatic heterocycles. The Bertz CT molecular complexity index is 1050. The molecule has 0 unspecified atom stereocenters. The van der Waals surface area contributed by atoms with Crippen molar-refractivity contribution >= 4 is 17.8 Å². The highest BCUT2D eigenvalue weighted by atomic mass is 16.3. The molecule has 0 radical (unpaired) electrons. The zero-order valence-corrected chi connectivity index (χ0v) is 18.4. The van der Waals surface area contributed by atoms with Gasteiger partial charge in [0.25, 0.3) is 0 Å². The van der Waals surface area contributed by atoms with E-state index < -0.39 is 6.61 Å². The van der Waals surface area contributed by atoms with Gasteiger partial charge in [-0.2, -0.15) is 0 Å². The average Bonchev–Trinajstić information content (AvgIpc) is 2.88.